The zero-order valence-electron chi connectivity index (χ0n) is 15.7. The smallest absolute Gasteiger partial charge is 0.225 e. The van der Waals surface area contributed by atoms with Gasteiger partial charge in [-0.25, -0.2) is 0 Å². The molecule has 0 unspecified atom stereocenters. The highest BCUT2D eigenvalue weighted by atomic mass is 16.2. The van der Waals surface area contributed by atoms with E-state index in [1.165, 1.54) is 17.7 Å². The van der Waals surface area contributed by atoms with Crippen molar-refractivity contribution in [3.63, 3.8) is 0 Å². The van der Waals surface area contributed by atoms with Gasteiger partial charge in [0.2, 0.25) is 11.8 Å². The molecule has 0 bridgehead atoms. The minimum atomic E-state index is -0.871. The number of hydrogen-bond donors (Lipinski definition) is 2. The summed E-state index contributed by atoms with van der Waals surface area (Å²) < 4.78 is 0. The van der Waals surface area contributed by atoms with Gasteiger partial charge in [-0.2, -0.15) is 5.26 Å². The van der Waals surface area contributed by atoms with Crippen LogP contribution in [0.2, 0.25) is 0 Å². The molecule has 1 aliphatic rings. The number of aryl methyl sites for hydroxylation is 1. The Hall–Kier alpha value is -2.55. The second-order valence-electron chi connectivity index (χ2n) is 7.61. The highest BCUT2D eigenvalue weighted by molar-refractivity contribution is 5.87. The number of rotatable bonds is 6. The van der Waals surface area contributed by atoms with E-state index < -0.39 is 16.9 Å². The zero-order chi connectivity index (χ0) is 19.4. The summed E-state index contributed by atoms with van der Waals surface area (Å²) in [6.45, 7) is 6.86. The molecule has 1 fully saturated rings. The van der Waals surface area contributed by atoms with Gasteiger partial charge in [0.25, 0.3) is 0 Å². The quantitative estimate of drug-likeness (QED) is 0.816. The second kappa shape index (κ2) is 7.77. The molecule has 2 amide bonds. The number of amides is 2. The van der Waals surface area contributed by atoms with E-state index in [1.54, 1.807) is 13.8 Å². The van der Waals surface area contributed by atoms with Crippen molar-refractivity contribution in [3.8, 4) is 6.07 Å². The van der Waals surface area contributed by atoms with E-state index in [0.29, 0.717) is 25.9 Å². The van der Waals surface area contributed by atoms with Crippen molar-refractivity contribution in [1.82, 2.24) is 5.32 Å². The van der Waals surface area contributed by atoms with Crippen LogP contribution in [0, 0.1) is 30.1 Å². The van der Waals surface area contributed by atoms with Crippen LogP contribution < -0.4 is 16.0 Å². The molecular formula is C20H27N4O2. The number of hydrogen-bond acceptors (Lipinski definition) is 4. The minimum Gasteiger partial charge on any atom is -0.371 e. The van der Waals surface area contributed by atoms with E-state index in [0.717, 1.165) is 0 Å². The monoisotopic (exact) mass is 355 g/mol. The number of carbonyl (C=O) groups excluding carboxylic acids is 2. The number of nitriles is 1. The first-order valence-corrected chi connectivity index (χ1v) is 8.86. The van der Waals surface area contributed by atoms with Crippen LogP contribution in [-0.4, -0.2) is 30.4 Å². The van der Waals surface area contributed by atoms with Crippen molar-refractivity contribution in [2.45, 2.75) is 45.6 Å². The molecule has 1 radical (unpaired) electrons. The summed E-state index contributed by atoms with van der Waals surface area (Å²) in [5.74, 6) is -0.784. The van der Waals surface area contributed by atoms with E-state index in [2.05, 4.69) is 35.3 Å². The third kappa shape index (κ3) is 4.54. The van der Waals surface area contributed by atoms with Gasteiger partial charge in [0.1, 0.15) is 5.54 Å². The molecule has 1 heterocycles. The summed E-state index contributed by atoms with van der Waals surface area (Å²) in [5.41, 5.74) is 6.03. The second-order valence-corrected chi connectivity index (χ2v) is 7.61. The van der Waals surface area contributed by atoms with Gasteiger partial charge in [-0.3, -0.25) is 9.59 Å². The van der Waals surface area contributed by atoms with E-state index in [1.807, 2.05) is 12.1 Å². The van der Waals surface area contributed by atoms with E-state index in [-0.39, 0.29) is 12.3 Å². The molecule has 2 rings (SSSR count). The average molecular weight is 355 g/mol. The first-order valence-electron chi connectivity index (χ1n) is 8.86. The van der Waals surface area contributed by atoms with Crippen LogP contribution >= 0.6 is 0 Å². The molecule has 1 saturated heterocycles. The molecule has 0 saturated carbocycles. The SMILES string of the molecule is Cc1ccccc1N1CCC(C#N)(NC(=O)[CH]CC(C)(C)C(N)=O)CC1. The Morgan fingerprint density at radius 3 is 2.50 bits per heavy atom. The van der Waals surface area contributed by atoms with Crippen LogP contribution in [0.15, 0.2) is 24.3 Å². The van der Waals surface area contributed by atoms with Gasteiger partial charge in [0, 0.05) is 37.0 Å². The number of para-hydroxylation sites is 1. The summed E-state index contributed by atoms with van der Waals surface area (Å²) in [6.07, 6.45) is 2.76. The van der Waals surface area contributed by atoms with Gasteiger partial charge in [-0.1, -0.05) is 32.0 Å². The Balaban J connectivity index is 1.95. The maximum Gasteiger partial charge on any atom is 0.225 e. The number of nitrogens with two attached hydrogens (primary N) is 1. The highest BCUT2D eigenvalue weighted by Crippen LogP contribution is 2.28. The minimum absolute atomic E-state index is 0.241. The van der Waals surface area contributed by atoms with Crippen LogP contribution in [0.25, 0.3) is 0 Å². The molecule has 0 spiro atoms. The third-order valence-electron chi connectivity index (χ3n) is 5.11. The molecule has 3 N–H and O–H groups in total. The fourth-order valence-electron chi connectivity index (χ4n) is 3.05. The van der Waals surface area contributed by atoms with Crippen LogP contribution in [-0.2, 0) is 9.59 Å². The lowest BCUT2D eigenvalue weighted by Gasteiger charge is -2.39. The molecule has 6 heteroatoms. The molecule has 26 heavy (non-hydrogen) atoms. The summed E-state index contributed by atoms with van der Waals surface area (Å²) in [6, 6.07) is 10.4. The normalized spacial score (nSPS) is 16.6. The number of primary amides is 1. The Morgan fingerprint density at radius 2 is 1.96 bits per heavy atom. The lowest BCUT2D eigenvalue weighted by atomic mass is 9.85. The average Bonchev–Trinajstić information content (AvgIpc) is 2.61. The molecule has 1 aliphatic heterocycles. The number of carbonyl (C=O) groups is 2. The maximum absolute atomic E-state index is 12.3. The summed E-state index contributed by atoms with van der Waals surface area (Å²) >= 11 is 0. The molecule has 6 nitrogen and oxygen atoms in total. The largest absolute Gasteiger partial charge is 0.371 e. The van der Waals surface area contributed by atoms with Gasteiger partial charge < -0.3 is 16.0 Å². The molecule has 0 aromatic heterocycles. The Kier molecular flexibility index (Phi) is 5.91. The molecular weight excluding hydrogens is 328 g/mol. The van der Waals surface area contributed by atoms with Crippen molar-refractivity contribution in [3.05, 3.63) is 36.2 Å². The van der Waals surface area contributed by atoms with E-state index in [9.17, 15) is 14.9 Å². The Morgan fingerprint density at radius 1 is 1.35 bits per heavy atom. The highest BCUT2D eigenvalue weighted by Gasteiger charge is 2.37. The van der Waals surface area contributed by atoms with Crippen molar-refractivity contribution in [1.29, 1.82) is 5.26 Å². The fourth-order valence-corrected chi connectivity index (χ4v) is 3.05. The lowest BCUT2D eigenvalue weighted by Crippen LogP contribution is -2.55. The van der Waals surface area contributed by atoms with Gasteiger partial charge in [-0.05, 0) is 25.0 Å². The summed E-state index contributed by atoms with van der Waals surface area (Å²) in [4.78, 5) is 25.9. The molecule has 0 aliphatic carbocycles. The molecule has 1 aromatic rings. The number of nitrogens with one attached hydrogen (secondary N) is 1. The number of nitrogens with zero attached hydrogens (tertiary/aromatic N) is 2. The first kappa shape index (κ1) is 19.8. The summed E-state index contributed by atoms with van der Waals surface area (Å²) in [7, 11) is 0. The predicted octanol–water partition coefficient (Wildman–Crippen LogP) is 2.08. The standard InChI is InChI=1S/C20H27N4O2/c1-15-6-4-5-7-16(15)24-12-10-20(14-21,11-13-24)23-17(25)8-9-19(2,3)18(22)26/h4-8H,9-13H2,1-3H3,(H2,22,26)(H,23,25). The lowest BCUT2D eigenvalue weighted by molar-refractivity contribution is -0.126. The maximum atomic E-state index is 12.3. The molecule has 139 valence electrons. The van der Waals surface area contributed by atoms with Crippen LogP contribution in [0.1, 0.15) is 38.7 Å². The van der Waals surface area contributed by atoms with Gasteiger partial charge >= 0.3 is 0 Å². The fraction of sp³-hybridized carbons (Fsp3) is 0.500. The number of benzene rings is 1. The van der Waals surface area contributed by atoms with Crippen molar-refractivity contribution in [2.75, 3.05) is 18.0 Å². The topological polar surface area (TPSA) is 99.2 Å². The van der Waals surface area contributed by atoms with Crippen molar-refractivity contribution >= 4 is 17.5 Å². The van der Waals surface area contributed by atoms with Crippen molar-refractivity contribution < 1.29 is 9.59 Å². The number of anilines is 1. The number of piperidine rings is 1. The van der Waals surface area contributed by atoms with Crippen LogP contribution in [0.5, 0.6) is 0 Å². The van der Waals surface area contributed by atoms with Crippen LogP contribution in [0.4, 0.5) is 5.69 Å². The van der Waals surface area contributed by atoms with Gasteiger partial charge in [0.15, 0.2) is 0 Å². The van der Waals surface area contributed by atoms with E-state index >= 15 is 0 Å². The molecule has 1 aromatic carbocycles. The van der Waals surface area contributed by atoms with Gasteiger partial charge in [-0.15, -0.1) is 0 Å². The van der Waals surface area contributed by atoms with E-state index in [4.69, 9.17) is 5.73 Å². The zero-order valence-corrected chi connectivity index (χ0v) is 15.7. The van der Waals surface area contributed by atoms with Gasteiger partial charge in [0.05, 0.1) is 12.5 Å². The molecule has 0 atom stereocenters. The predicted molar refractivity (Wildman–Crippen MR) is 101 cm³/mol. The van der Waals surface area contributed by atoms with Crippen LogP contribution in [0.3, 0.4) is 0 Å². The first-order chi connectivity index (χ1) is 12.2. The summed E-state index contributed by atoms with van der Waals surface area (Å²) in [5, 5.41) is 12.5. The van der Waals surface area contributed by atoms with Crippen molar-refractivity contribution in [2.24, 2.45) is 11.1 Å². The Labute approximate surface area is 155 Å². The third-order valence-corrected chi connectivity index (χ3v) is 5.11. The Bertz CT molecular complexity index is 713.